The van der Waals surface area contributed by atoms with Crippen LogP contribution in [0.15, 0.2) is 224 Å². The SMILES string of the molecule is CC(C)(C)c1c(N2c3cc(-n4c5ccccc5c5ccccc54)ccc3B3c4ccc(-n5c6ccccc6c6ccccc65)cc4N(c4ccc5ccccc5c4C(C)(C)C)c4cccc2c43)ccc2ccccc12. The molecule has 13 aromatic rings. The van der Waals surface area contributed by atoms with Gasteiger partial charge in [0.05, 0.1) is 33.4 Å². The standard InChI is InChI=1S/C70H55BN4/c1-69(2,3)66-48-22-9-7-20-44(48)34-40-60(66)74-62-32-19-33-63-68(62)71(54-38-36-46(42-64(54)74)72-56-28-15-11-24-50(56)51-25-12-16-29-57(51)72)55-39-37-47(73-58-30-17-13-26-52(58)53-27-14-18-31-59(53)73)43-65(55)75(63)61-41-35-45-21-8-10-23-49(45)67(61)70(4,5)6/h7-43H,1-6H3. The second kappa shape index (κ2) is 15.9. The molecule has 0 N–H and O–H groups in total. The molecular formula is C70H55BN4. The number of anilines is 6. The van der Waals surface area contributed by atoms with E-state index in [4.69, 9.17) is 0 Å². The van der Waals surface area contributed by atoms with Crippen LogP contribution in [0.4, 0.5) is 34.1 Å². The van der Waals surface area contributed by atoms with E-state index in [9.17, 15) is 0 Å². The first-order valence-electron chi connectivity index (χ1n) is 26.6. The summed E-state index contributed by atoms with van der Waals surface area (Å²) in [6.07, 6.45) is 0. The van der Waals surface area contributed by atoms with Crippen molar-refractivity contribution in [3.63, 3.8) is 0 Å². The highest BCUT2D eigenvalue weighted by Gasteiger charge is 2.45. The second-order valence-corrected chi connectivity index (χ2v) is 22.9. The molecule has 0 fully saturated rings. The van der Waals surface area contributed by atoms with Crippen LogP contribution >= 0.6 is 0 Å². The lowest BCUT2D eigenvalue weighted by Crippen LogP contribution is -2.61. The van der Waals surface area contributed by atoms with Gasteiger partial charge >= 0.3 is 0 Å². The molecule has 358 valence electrons. The van der Waals surface area contributed by atoms with Gasteiger partial charge in [-0.2, -0.15) is 0 Å². The van der Waals surface area contributed by atoms with E-state index in [-0.39, 0.29) is 17.5 Å². The molecule has 0 aliphatic carbocycles. The average molecular weight is 963 g/mol. The van der Waals surface area contributed by atoms with Crippen molar-refractivity contribution >= 4 is 122 Å². The van der Waals surface area contributed by atoms with Gasteiger partial charge in [-0.05, 0) is 133 Å². The molecule has 2 aromatic heterocycles. The molecule has 0 atom stereocenters. The molecule has 0 saturated carbocycles. The van der Waals surface area contributed by atoms with Gasteiger partial charge in [0.15, 0.2) is 0 Å². The Morgan fingerprint density at radius 3 is 1.01 bits per heavy atom. The molecule has 15 rings (SSSR count). The fourth-order valence-electron chi connectivity index (χ4n) is 13.6. The fraction of sp³-hybridized carbons (Fsp3) is 0.114. The lowest BCUT2D eigenvalue weighted by atomic mass is 9.33. The lowest BCUT2D eigenvalue weighted by molar-refractivity contribution is 0.596. The van der Waals surface area contributed by atoms with Crippen LogP contribution in [0.3, 0.4) is 0 Å². The smallest absolute Gasteiger partial charge is 0.252 e. The lowest BCUT2D eigenvalue weighted by Gasteiger charge is -2.46. The summed E-state index contributed by atoms with van der Waals surface area (Å²) >= 11 is 0. The van der Waals surface area contributed by atoms with Gasteiger partial charge in [0, 0.05) is 55.7 Å². The number of benzene rings is 11. The molecule has 2 aliphatic heterocycles. The van der Waals surface area contributed by atoms with Crippen LogP contribution in [0, 0.1) is 0 Å². The van der Waals surface area contributed by atoms with Gasteiger partial charge in [-0.25, -0.2) is 0 Å². The first kappa shape index (κ1) is 43.8. The van der Waals surface area contributed by atoms with Gasteiger partial charge in [-0.3, -0.25) is 0 Å². The monoisotopic (exact) mass is 962 g/mol. The highest BCUT2D eigenvalue weighted by Crippen LogP contribution is 2.51. The van der Waals surface area contributed by atoms with Crippen LogP contribution in [0.5, 0.6) is 0 Å². The minimum Gasteiger partial charge on any atom is -0.311 e. The summed E-state index contributed by atoms with van der Waals surface area (Å²) in [5, 5.41) is 10.1. The third-order valence-corrected chi connectivity index (χ3v) is 16.4. The molecule has 4 nitrogen and oxygen atoms in total. The van der Waals surface area contributed by atoms with E-state index in [1.54, 1.807) is 0 Å². The van der Waals surface area contributed by atoms with Crippen molar-refractivity contribution in [2.24, 2.45) is 0 Å². The van der Waals surface area contributed by atoms with E-state index in [2.05, 4.69) is 285 Å². The maximum Gasteiger partial charge on any atom is 0.252 e. The van der Waals surface area contributed by atoms with Crippen LogP contribution in [0.1, 0.15) is 52.7 Å². The Balaban J connectivity index is 1.07. The molecule has 4 heterocycles. The number of nitrogens with zero attached hydrogens (tertiary/aromatic N) is 4. The Labute approximate surface area is 438 Å². The molecule has 0 unspecified atom stereocenters. The van der Waals surface area contributed by atoms with Gasteiger partial charge < -0.3 is 18.9 Å². The number of aromatic nitrogens is 2. The Morgan fingerprint density at radius 2 is 0.640 bits per heavy atom. The van der Waals surface area contributed by atoms with Gasteiger partial charge in [0.2, 0.25) is 0 Å². The summed E-state index contributed by atoms with van der Waals surface area (Å²) in [4.78, 5) is 5.27. The highest BCUT2D eigenvalue weighted by molar-refractivity contribution is 7.00. The van der Waals surface area contributed by atoms with Crippen molar-refractivity contribution < 1.29 is 0 Å². The number of rotatable bonds is 4. The summed E-state index contributed by atoms with van der Waals surface area (Å²) in [5.74, 6) is 0. The van der Waals surface area contributed by atoms with Crippen LogP contribution in [-0.2, 0) is 10.8 Å². The Bertz CT molecular complexity index is 4150. The zero-order valence-corrected chi connectivity index (χ0v) is 43.2. The molecule has 2 aliphatic rings. The maximum atomic E-state index is 2.63. The second-order valence-electron chi connectivity index (χ2n) is 22.9. The topological polar surface area (TPSA) is 16.3 Å². The van der Waals surface area contributed by atoms with Crippen LogP contribution in [0.2, 0.25) is 0 Å². The van der Waals surface area contributed by atoms with E-state index in [1.165, 1.54) is 127 Å². The number of para-hydroxylation sites is 4. The van der Waals surface area contributed by atoms with E-state index in [0.29, 0.717) is 0 Å². The number of hydrogen-bond acceptors (Lipinski definition) is 2. The molecule has 0 bridgehead atoms. The number of fused-ring (bicyclic) bond motifs is 12. The minimum atomic E-state index is -0.193. The van der Waals surface area contributed by atoms with Crippen molar-refractivity contribution in [2.45, 2.75) is 52.4 Å². The van der Waals surface area contributed by atoms with Gasteiger partial charge in [0.25, 0.3) is 6.71 Å². The van der Waals surface area contributed by atoms with Gasteiger partial charge in [-0.15, -0.1) is 0 Å². The molecule has 5 heteroatoms. The molecule has 0 saturated heterocycles. The Kier molecular flexibility index (Phi) is 9.25. The van der Waals surface area contributed by atoms with E-state index in [0.717, 1.165) is 11.4 Å². The summed E-state index contributed by atoms with van der Waals surface area (Å²) in [6, 6.07) is 84.6. The third kappa shape index (κ3) is 6.31. The zero-order chi connectivity index (χ0) is 50.5. The molecule has 0 radical (unpaired) electrons. The number of hydrogen-bond donors (Lipinski definition) is 0. The molecule has 75 heavy (non-hydrogen) atoms. The maximum absolute atomic E-state index is 2.63. The van der Waals surface area contributed by atoms with Crippen molar-refractivity contribution in [3.05, 3.63) is 236 Å². The minimum absolute atomic E-state index is 0.0785. The highest BCUT2D eigenvalue weighted by atomic mass is 15.2. The van der Waals surface area contributed by atoms with Crippen molar-refractivity contribution in [1.29, 1.82) is 0 Å². The van der Waals surface area contributed by atoms with Crippen LogP contribution in [-0.4, -0.2) is 15.8 Å². The zero-order valence-electron chi connectivity index (χ0n) is 43.2. The predicted octanol–water partition coefficient (Wildman–Crippen LogP) is 16.9. The molecular weight excluding hydrogens is 908 g/mol. The van der Waals surface area contributed by atoms with Crippen molar-refractivity contribution in [1.82, 2.24) is 9.13 Å². The van der Waals surface area contributed by atoms with Crippen molar-refractivity contribution in [2.75, 3.05) is 9.80 Å². The van der Waals surface area contributed by atoms with E-state index >= 15 is 0 Å². The predicted molar refractivity (Wildman–Crippen MR) is 322 cm³/mol. The Hall–Kier alpha value is -8.80. The van der Waals surface area contributed by atoms with Gasteiger partial charge in [0.1, 0.15) is 0 Å². The fourth-order valence-corrected chi connectivity index (χ4v) is 13.6. The van der Waals surface area contributed by atoms with Crippen molar-refractivity contribution in [3.8, 4) is 11.4 Å². The third-order valence-electron chi connectivity index (χ3n) is 16.4. The summed E-state index contributed by atoms with van der Waals surface area (Å²) in [7, 11) is 0. The normalized spacial score (nSPS) is 13.4. The largest absolute Gasteiger partial charge is 0.311 e. The van der Waals surface area contributed by atoms with E-state index < -0.39 is 0 Å². The summed E-state index contributed by atoms with van der Waals surface area (Å²) in [6.45, 7) is 14.2. The molecule has 0 spiro atoms. The van der Waals surface area contributed by atoms with Crippen LogP contribution in [0.25, 0.3) is 76.5 Å². The quantitative estimate of drug-likeness (QED) is 0.163. The average Bonchev–Trinajstić information content (AvgIpc) is 4.03. The summed E-state index contributed by atoms with van der Waals surface area (Å²) < 4.78 is 4.95. The Morgan fingerprint density at radius 1 is 0.293 bits per heavy atom. The first-order chi connectivity index (χ1) is 36.5. The summed E-state index contributed by atoms with van der Waals surface area (Å²) in [5.41, 5.74) is 20.4. The van der Waals surface area contributed by atoms with E-state index in [1.807, 2.05) is 0 Å². The first-order valence-corrected chi connectivity index (χ1v) is 26.6. The molecule has 11 aromatic carbocycles. The molecule has 0 amide bonds. The van der Waals surface area contributed by atoms with Gasteiger partial charge in [-0.1, -0.05) is 193 Å². The van der Waals surface area contributed by atoms with Crippen LogP contribution < -0.4 is 26.2 Å².